The molecule has 1 fully saturated rings. The SMILES string of the molecule is CC(C)c1ccc(C(N)CNC(=O)[C@@H]2CC[C@H](CN)O2)cc1. The summed E-state index contributed by atoms with van der Waals surface area (Å²) in [6.07, 6.45) is 1.20. The van der Waals surface area contributed by atoms with Crippen LogP contribution in [0.3, 0.4) is 0 Å². The zero-order valence-electron chi connectivity index (χ0n) is 13.4. The van der Waals surface area contributed by atoms with Gasteiger partial charge >= 0.3 is 0 Å². The second-order valence-electron chi connectivity index (χ2n) is 6.23. The maximum absolute atomic E-state index is 12.1. The fourth-order valence-electron chi connectivity index (χ4n) is 2.64. The van der Waals surface area contributed by atoms with E-state index in [0.29, 0.717) is 19.0 Å². The Morgan fingerprint density at radius 3 is 2.45 bits per heavy atom. The van der Waals surface area contributed by atoms with E-state index in [1.54, 1.807) is 0 Å². The monoisotopic (exact) mass is 305 g/mol. The van der Waals surface area contributed by atoms with E-state index in [9.17, 15) is 4.79 Å². The van der Waals surface area contributed by atoms with Crippen molar-refractivity contribution >= 4 is 5.91 Å². The summed E-state index contributed by atoms with van der Waals surface area (Å²) in [5.41, 5.74) is 14.0. The van der Waals surface area contributed by atoms with E-state index < -0.39 is 0 Å². The number of nitrogens with two attached hydrogens (primary N) is 2. The molecule has 1 saturated heterocycles. The Bertz CT molecular complexity index is 487. The minimum Gasteiger partial charge on any atom is -0.364 e. The molecule has 0 saturated carbocycles. The van der Waals surface area contributed by atoms with E-state index in [-0.39, 0.29) is 24.2 Å². The molecule has 1 aliphatic rings. The van der Waals surface area contributed by atoms with Crippen molar-refractivity contribution in [2.24, 2.45) is 11.5 Å². The molecule has 1 aromatic rings. The van der Waals surface area contributed by atoms with Gasteiger partial charge in [0.1, 0.15) is 6.10 Å². The van der Waals surface area contributed by atoms with Crippen LogP contribution in [0.15, 0.2) is 24.3 Å². The smallest absolute Gasteiger partial charge is 0.249 e. The van der Waals surface area contributed by atoms with Gasteiger partial charge in [0.15, 0.2) is 0 Å². The van der Waals surface area contributed by atoms with Gasteiger partial charge in [-0.05, 0) is 29.9 Å². The van der Waals surface area contributed by atoms with Gasteiger partial charge in [-0.3, -0.25) is 4.79 Å². The lowest BCUT2D eigenvalue weighted by molar-refractivity contribution is -0.131. The lowest BCUT2D eigenvalue weighted by Gasteiger charge is -2.17. The molecule has 122 valence electrons. The highest BCUT2D eigenvalue weighted by molar-refractivity contribution is 5.81. The Balaban J connectivity index is 1.82. The first-order chi connectivity index (χ1) is 10.5. The molecule has 5 N–H and O–H groups in total. The topological polar surface area (TPSA) is 90.4 Å². The van der Waals surface area contributed by atoms with Gasteiger partial charge in [0.25, 0.3) is 0 Å². The Hall–Kier alpha value is -1.43. The number of carbonyl (C=O) groups excluding carboxylic acids is 1. The summed E-state index contributed by atoms with van der Waals surface area (Å²) in [6, 6.07) is 8.03. The van der Waals surface area contributed by atoms with Crippen LogP contribution in [0.2, 0.25) is 0 Å². The molecular weight excluding hydrogens is 278 g/mol. The molecule has 1 amide bonds. The largest absolute Gasteiger partial charge is 0.364 e. The van der Waals surface area contributed by atoms with E-state index in [0.717, 1.165) is 18.4 Å². The normalized spacial score (nSPS) is 22.8. The zero-order valence-corrected chi connectivity index (χ0v) is 13.4. The average molecular weight is 305 g/mol. The summed E-state index contributed by atoms with van der Waals surface area (Å²) < 4.78 is 5.57. The highest BCUT2D eigenvalue weighted by Crippen LogP contribution is 2.20. The number of hydrogen-bond donors (Lipinski definition) is 3. The minimum absolute atomic E-state index is 0.00741. The second kappa shape index (κ2) is 7.72. The molecule has 22 heavy (non-hydrogen) atoms. The van der Waals surface area contributed by atoms with Crippen molar-refractivity contribution in [3.05, 3.63) is 35.4 Å². The number of benzene rings is 1. The van der Waals surface area contributed by atoms with Crippen LogP contribution in [0.5, 0.6) is 0 Å². The Labute approximate surface area is 132 Å². The Morgan fingerprint density at radius 2 is 1.91 bits per heavy atom. The van der Waals surface area contributed by atoms with Gasteiger partial charge in [-0.1, -0.05) is 38.1 Å². The third-order valence-electron chi connectivity index (χ3n) is 4.19. The first kappa shape index (κ1) is 16.9. The van der Waals surface area contributed by atoms with Gasteiger partial charge in [-0.25, -0.2) is 0 Å². The molecule has 1 aromatic carbocycles. The number of nitrogens with one attached hydrogen (secondary N) is 1. The fraction of sp³-hybridized carbons (Fsp3) is 0.588. The second-order valence-corrected chi connectivity index (χ2v) is 6.23. The highest BCUT2D eigenvalue weighted by atomic mass is 16.5. The number of carbonyl (C=O) groups is 1. The summed E-state index contributed by atoms with van der Waals surface area (Å²) in [6.45, 7) is 5.19. The molecule has 0 aliphatic carbocycles. The van der Waals surface area contributed by atoms with Gasteiger partial charge in [0.05, 0.1) is 6.10 Å². The van der Waals surface area contributed by atoms with Gasteiger partial charge in [-0.2, -0.15) is 0 Å². The van der Waals surface area contributed by atoms with Crippen molar-refractivity contribution in [3.8, 4) is 0 Å². The maximum Gasteiger partial charge on any atom is 0.249 e. The molecule has 5 heteroatoms. The van der Waals surface area contributed by atoms with Crippen LogP contribution in [0, 0.1) is 0 Å². The van der Waals surface area contributed by atoms with Crippen molar-refractivity contribution in [1.82, 2.24) is 5.32 Å². The standard InChI is InChI=1S/C17H27N3O2/c1-11(2)12-3-5-13(6-4-12)15(19)10-20-17(21)16-8-7-14(9-18)22-16/h3-6,11,14-16H,7-10,18-19H2,1-2H3,(H,20,21)/t14-,15?,16+/m1/s1. The van der Waals surface area contributed by atoms with E-state index in [2.05, 4.69) is 31.3 Å². The third kappa shape index (κ3) is 4.29. The van der Waals surface area contributed by atoms with Crippen molar-refractivity contribution in [2.45, 2.75) is 50.9 Å². The Morgan fingerprint density at radius 1 is 1.27 bits per heavy atom. The number of rotatable bonds is 6. The molecule has 0 bridgehead atoms. The van der Waals surface area contributed by atoms with Gasteiger partial charge in [-0.15, -0.1) is 0 Å². The van der Waals surface area contributed by atoms with Crippen molar-refractivity contribution in [3.63, 3.8) is 0 Å². The molecule has 1 aliphatic heterocycles. The lowest BCUT2D eigenvalue weighted by Crippen LogP contribution is -2.39. The van der Waals surface area contributed by atoms with Crippen LogP contribution in [0.1, 0.15) is 49.8 Å². The number of hydrogen-bond acceptors (Lipinski definition) is 4. The molecule has 5 nitrogen and oxygen atoms in total. The summed E-state index contributed by atoms with van der Waals surface area (Å²) in [5.74, 6) is 0.408. The van der Waals surface area contributed by atoms with E-state index in [1.165, 1.54) is 5.56 Å². The zero-order chi connectivity index (χ0) is 16.1. The molecule has 1 heterocycles. The predicted molar refractivity (Wildman–Crippen MR) is 87.4 cm³/mol. The van der Waals surface area contributed by atoms with Crippen LogP contribution in [-0.2, 0) is 9.53 Å². The lowest BCUT2D eigenvalue weighted by atomic mass is 9.99. The summed E-state index contributed by atoms with van der Waals surface area (Å²) in [4.78, 5) is 12.1. The molecule has 3 atom stereocenters. The van der Waals surface area contributed by atoms with E-state index in [1.807, 2.05) is 12.1 Å². The molecule has 0 aromatic heterocycles. The summed E-state index contributed by atoms with van der Waals surface area (Å²) >= 11 is 0. The van der Waals surface area contributed by atoms with Crippen molar-refractivity contribution in [2.75, 3.05) is 13.1 Å². The van der Waals surface area contributed by atoms with Crippen LogP contribution in [0.25, 0.3) is 0 Å². The van der Waals surface area contributed by atoms with E-state index in [4.69, 9.17) is 16.2 Å². The van der Waals surface area contributed by atoms with Crippen molar-refractivity contribution in [1.29, 1.82) is 0 Å². The molecule has 2 rings (SSSR count). The van der Waals surface area contributed by atoms with Crippen LogP contribution < -0.4 is 16.8 Å². The molecule has 0 radical (unpaired) electrons. The fourth-order valence-corrected chi connectivity index (χ4v) is 2.64. The minimum atomic E-state index is -0.385. The summed E-state index contributed by atoms with van der Waals surface area (Å²) in [7, 11) is 0. The third-order valence-corrected chi connectivity index (χ3v) is 4.19. The quantitative estimate of drug-likeness (QED) is 0.741. The predicted octanol–water partition coefficient (Wildman–Crippen LogP) is 1.43. The summed E-state index contributed by atoms with van der Waals surface area (Å²) in [5, 5.41) is 2.88. The molecule has 1 unspecified atom stereocenters. The van der Waals surface area contributed by atoms with Crippen LogP contribution >= 0.6 is 0 Å². The maximum atomic E-state index is 12.1. The molecule has 0 spiro atoms. The van der Waals surface area contributed by atoms with Crippen LogP contribution in [0.4, 0.5) is 0 Å². The first-order valence-electron chi connectivity index (χ1n) is 8.00. The first-order valence-corrected chi connectivity index (χ1v) is 8.00. The van der Waals surface area contributed by atoms with Crippen LogP contribution in [-0.4, -0.2) is 31.2 Å². The number of ether oxygens (including phenoxy) is 1. The Kier molecular flexibility index (Phi) is 5.94. The number of amides is 1. The van der Waals surface area contributed by atoms with Gasteiger partial charge in [0.2, 0.25) is 5.91 Å². The molecular formula is C17H27N3O2. The average Bonchev–Trinajstić information content (AvgIpc) is 3.01. The van der Waals surface area contributed by atoms with Gasteiger partial charge in [0, 0.05) is 19.1 Å². The highest BCUT2D eigenvalue weighted by Gasteiger charge is 2.29. The van der Waals surface area contributed by atoms with E-state index >= 15 is 0 Å². The van der Waals surface area contributed by atoms with Gasteiger partial charge < -0.3 is 21.5 Å². The van der Waals surface area contributed by atoms with Crippen molar-refractivity contribution < 1.29 is 9.53 Å².